The van der Waals surface area contributed by atoms with E-state index in [1.54, 1.807) is 0 Å². The zero-order valence-electron chi connectivity index (χ0n) is 20.4. The van der Waals surface area contributed by atoms with Crippen LogP contribution < -0.4 is 10.6 Å². The molecule has 30 heavy (non-hydrogen) atoms. The summed E-state index contributed by atoms with van der Waals surface area (Å²) < 4.78 is 0. The van der Waals surface area contributed by atoms with Crippen LogP contribution in [0.2, 0.25) is 0 Å². The van der Waals surface area contributed by atoms with E-state index in [2.05, 4.69) is 89.3 Å². The number of nitrogens with one attached hydrogen (secondary N) is 2. The third kappa shape index (κ3) is 11.3. The van der Waals surface area contributed by atoms with Crippen LogP contribution in [0.5, 0.6) is 0 Å². The van der Waals surface area contributed by atoms with Crippen molar-refractivity contribution in [2.24, 2.45) is 11.3 Å². The first kappa shape index (κ1) is 26.1. The number of hydrogen-bond donors (Lipinski definition) is 2. The van der Waals surface area contributed by atoms with Gasteiger partial charge in [0.2, 0.25) is 0 Å². The zero-order chi connectivity index (χ0) is 22.6. The molecule has 0 saturated heterocycles. The first-order valence-corrected chi connectivity index (χ1v) is 11.7. The molecule has 0 aromatic heterocycles. The minimum Gasteiger partial charge on any atom is -0.389 e. The van der Waals surface area contributed by atoms with Gasteiger partial charge in [0.1, 0.15) is 0 Å². The molecule has 2 nitrogen and oxygen atoms in total. The van der Waals surface area contributed by atoms with Crippen LogP contribution in [0.25, 0.3) is 0 Å². The molecule has 0 amide bonds. The summed E-state index contributed by atoms with van der Waals surface area (Å²) in [7, 11) is 0. The van der Waals surface area contributed by atoms with Crippen molar-refractivity contribution < 1.29 is 0 Å². The summed E-state index contributed by atoms with van der Waals surface area (Å²) in [5.74, 6) is 0.665. The summed E-state index contributed by atoms with van der Waals surface area (Å²) >= 11 is 0. The summed E-state index contributed by atoms with van der Waals surface area (Å²) in [6, 6.07) is 6.95. The fourth-order valence-electron chi connectivity index (χ4n) is 3.68. The van der Waals surface area contributed by atoms with Crippen LogP contribution in [0.15, 0.2) is 55.4 Å². The average Bonchev–Trinajstić information content (AvgIpc) is 2.69. The minimum absolute atomic E-state index is 0.253. The van der Waals surface area contributed by atoms with Crippen LogP contribution in [-0.4, -0.2) is 13.1 Å². The summed E-state index contributed by atoms with van der Waals surface area (Å²) in [6.45, 7) is 25.4. The Labute approximate surface area is 186 Å². The van der Waals surface area contributed by atoms with Crippen LogP contribution in [-0.2, 0) is 12.8 Å². The Hall–Kier alpha value is -1.96. The van der Waals surface area contributed by atoms with Crippen molar-refractivity contribution in [2.45, 2.75) is 79.6 Å². The van der Waals surface area contributed by atoms with Crippen LogP contribution in [0.3, 0.4) is 0 Å². The van der Waals surface area contributed by atoms with Gasteiger partial charge < -0.3 is 10.6 Å². The van der Waals surface area contributed by atoms with E-state index in [0.29, 0.717) is 5.92 Å². The number of aryl methyl sites for hydroxylation is 3. The van der Waals surface area contributed by atoms with Gasteiger partial charge in [0.15, 0.2) is 0 Å². The standard InChI is InChI=1S/C28H46N2/c1-9-28(7,8)17-11-12-22(3)21-30-25(6)14-16-27-19-23(4)18-26(20-27)15-13-24(5)29-10-2/h9,18-20,22,29-30H,1,5-6,10-17,21H2,2-4,7-8H3. The largest absolute Gasteiger partial charge is 0.389 e. The maximum atomic E-state index is 4.26. The Bertz CT molecular complexity index is 684. The molecule has 1 atom stereocenters. The number of hydrogen-bond acceptors (Lipinski definition) is 2. The van der Waals surface area contributed by atoms with Gasteiger partial charge in [0.25, 0.3) is 0 Å². The Balaban J connectivity index is 2.38. The molecule has 0 radical (unpaired) electrons. The molecule has 0 bridgehead atoms. The highest BCUT2D eigenvalue weighted by Crippen LogP contribution is 2.25. The lowest BCUT2D eigenvalue weighted by Gasteiger charge is -2.21. The normalized spacial score (nSPS) is 12.3. The van der Waals surface area contributed by atoms with Gasteiger partial charge in [0.05, 0.1) is 0 Å². The fraction of sp³-hybridized carbons (Fsp3) is 0.571. The molecule has 1 aromatic rings. The summed E-state index contributed by atoms with van der Waals surface area (Å²) in [4.78, 5) is 0. The molecule has 1 unspecified atom stereocenters. The molecule has 0 aliphatic rings. The lowest BCUT2D eigenvalue weighted by molar-refractivity contribution is 0.382. The first-order valence-electron chi connectivity index (χ1n) is 11.7. The van der Waals surface area contributed by atoms with E-state index in [4.69, 9.17) is 0 Å². The van der Waals surface area contributed by atoms with Crippen molar-refractivity contribution in [2.75, 3.05) is 13.1 Å². The smallest absolute Gasteiger partial charge is 0.0169 e. The van der Waals surface area contributed by atoms with E-state index >= 15 is 0 Å². The summed E-state index contributed by atoms with van der Waals surface area (Å²) in [5.41, 5.74) is 6.67. The SMILES string of the molecule is C=CC(C)(C)CCCC(C)CNC(=C)CCc1cc(C)cc(CCC(=C)NCC)c1. The van der Waals surface area contributed by atoms with Gasteiger partial charge >= 0.3 is 0 Å². The molecule has 2 heteroatoms. The van der Waals surface area contributed by atoms with Crippen LogP contribution in [0.1, 0.15) is 76.5 Å². The van der Waals surface area contributed by atoms with E-state index in [9.17, 15) is 0 Å². The predicted molar refractivity (Wildman–Crippen MR) is 135 cm³/mol. The lowest BCUT2D eigenvalue weighted by atomic mass is 9.86. The first-order chi connectivity index (χ1) is 14.1. The highest BCUT2D eigenvalue weighted by atomic mass is 14.9. The molecule has 0 spiro atoms. The Morgan fingerprint density at radius 1 is 1.03 bits per heavy atom. The van der Waals surface area contributed by atoms with E-state index in [-0.39, 0.29) is 5.41 Å². The predicted octanol–water partition coefficient (Wildman–Crippen LogP) is 7.11. The topological polar surface area (TPSA) is 24.1 Å². The third-order valence-electron chi connectivity index (χ3n) is 5.83. The van der Waals surface area contributed by atoms with E-state index in [1.165, 1.54) is 36.0 Å². The Kier molecular flexibility index (Phi) is 11.6. The lowest BCUT2D eigenvalue weighted by Crippen LogP contribution is -2.21. The van der Waals surface area contributed by atoms with Crippen molar-refractivity contribution >= 4 is 0 Å². The second kappa shape index (κ2) is 13.4. The van der Waals surface area contributed by atoms with E-state index in [0.717, 1.165) is 50.2 Å². The Morgan fingerprint density at radius 2 is 1.60 bits per heavy atom. The van der Waals surface area contributed by atoms with Gasteiger partial charge in [-0.3, -0.25) is 0 Å². The maximum Gasteiger partial charge on any atom is 0.0169 e. The second-order valence-corrected chi connectivity index (χ2v) is 9.64. The fourth-order valence-corrected chi connectivity index (χ4v) is 3.68. The summed E-state index contributed by atoms with van der Waals surface area (Å²) in [6.07, 6.45) is 9.84. The number of allylic oxidation sites excluding steroid dienone is 3. The highest BCUT2D eigenvalue weighted by molar-refractivity contribution is 5.30. The van der Waals surface area contributed by atoms with Gasteiger partial charge in [-0.25, -0.2) is 0 Å². The quantitative estimate of drug-likeness (QED) is 0.284. The molecular weight excluding hydrogens is 364 g/mol. The second-order valence-electron chi connectivity index (χ2n) is 9.64. The number of benzene rings is 1. The Morgan fingerprint density at radius 3 is 2.13 bits per heavy atom. The summed E-state index contributed by atoms with van der Waals surface area (Å²) in [5, 5.41) is 6.88. The highest BCUT2D eigenvalue weighted by Gasteiger charge is 2.13. The molecule has 2 N–H and O–H groups in total. The zero-order valence-corrected chi connectivity index (χ0v) is 20.4. The molecular formula is C28H46N2. The number of rotatable bonds is 16. The molecule has 0 fully saturated rings. The van der Waals surface area contributed by atoms with Crippen molar-refractivity contribution in [3.63, 3.8) is 0 Å². The van der Waals surface area contributed by atoms with Crippen molar-refractivity contribution in [1.82, 2.24) is 10.6 Å². The van der Waals surface area contributed by atoms with E-state index < -0.39 is 0 Å². The van der Waals surface area contributed by atoms with Crippen molar-refractivity contribution in [3.05, 3.63) is 72.1 Å². The molecule has 0 saturated carbocycles. The van der Waals surface area contributed by atoms with Gasteiger partial charge in [-0.05, 0) is 74.8 Å². The van der Waals surface area contributed by atoms with E-state index in [1.807, 2.05) is 0 Å². The van der Waals surface area contributed by atoms with Gasteiger partial charge in [-0.2, -0.15) is 0 Å². The van der Waals surface area contributed by atoms with Crippen LogP contribution >= 0.6 is 0 Å². The molecule has 0 aliphatic carbocycles. The maximum absolute atomic E-state index is 4.26. The van der Waals surface area contributed by atoms with Gasteiger partial charge in [-0.15, -0.1) is 6.58 Å². The van der Waals surface area contributed by atoms with Crippen LogP contribution in [0.4, 0.5) is 0 Å². The van der Waals surface area contributed by atoms with Crippen molar-refractivity contribution in [1.29, 1.82) is 0 Å². The van der Waals surface area contributed by atoms with Crippen LogP contribution in [0, 0.1) is 18.3 Å². The minimum atomic E-state index is 0.253. The van der Waals surface area contributed by atoms with Crippen molar-refractivity contribution in [3.8, 4) is 0 Å². The third-order valence-corrected chi connectivity index (χ3v) is 5.83. The molecule has 0 aliphatic heterocycles. The van der Waals surface area contributed by atoms with Gasteiger partial charge in [-0.1, -0.05) is 70.2 Å². The molecule has 168 valence electrons. The van der Waals surface area contributed by atoms with Gasteiger partial charge in [0, 0.05) is 24.5 Å². The monoisotopic (exact) mass is 410 g/mol. The molecule has 1 aromatic carbocycles. The molecule has 1 rings (SSSR count). The average molecular weight is 411 g/mol. The molecule has 0 heterocycles.